The first-order valence-electron chi connectivity index (χ1n) is 9.75. The molecule has 0 radical (unpaired) electrons. The van der Waals surface area contributed by atoms with Crippen LogP contribution in [0.1, 0.15) is 43.5 Å². The standard InChI is InChI=1S/C24H21FN2O3S/c1-24(2,3)16-8-4-14(5-9-16)19-18(20(28)15-6-10-17(25)11-7-15)21(29)22(30)27(19)23-26-12-13-31-23/h4-13,19,28H,1-3H3/t19-/m1/s1. The molecule has 0 bridgehead atoms. The van der Waals surface area contributed by atoms with E-state index in [1.807, 2.05) is 24.3 Å². The average Bonchev–Trinajstić information content (AvgIpc) is 3.34. The molecular formula is C24H21FN2O3S. The van der Waals surface area contributed by atoms with Crippen LogP contribution in [0.15, 0.2) is 65.7 Å². The molecule has 2 heterocycles. The predicted octanol–water partition coefficient (Wildman–Crippen LogP) is 5.21. The average molecular weight is 437 g/mol. The van der Waals surface area contributed by atoms with Gasteiger partial charge in [-0.1, -0.05) is 45.0 Å². The minimum absolute atomic E-state index is 0.0460. The van der Waals surface area contributed by atoms with Gasteiger partial charge in [0.15, 0.2) is 5.13 Å². The van der Waals surface area contributed by atoms with Crippen LogP contribution in [0, 0.1) is 5.82 Å². The summed E-state index contributed by atoms with van der Waals surface area (Å²) in [6.45, 7) is 6.29. The van der Waals surface area contributed by atoms with E-state index in [1.54, 1.807) is 11.6 Å². The summed E-state index contributed by atoms with van der Waals surface area (Å²) in [5.74, 6) is -2.37. The number of carbonyl (C=O) groups is 2. The highest BCUT2D eigenvalue weighted by Gasteiger charge is 2.48. The maximum Gasteiger partial charge on any atom is 0.301 e. The highest BCUT2D eigenvalue weighted by Crippen LogP contribution is 2.43. The summed E-state index contributed by atoms with van der Waals surface area (Å²) in [4.78, 5) is 31.5. The third-order valence-corrected chi connectivity index (χ3v) is 6.05. The molecule has 0 spiro atoms. The van der Waals surface area contributed by atoms with E-state index < -0.39 is 23.5 Å². The normalized spacial score (nSPS) is 18.6. The second-order valence-corrected chi connectivity index (χ2v) is 9.24. The monoisotopic (exact) mass is 436 g/mol. The Balaban J connectivity index is 1.90. The lowest BCUT2D eigenvalue weighted by molar-refractivity contribution is -0.132. The van der Waals surface area contributed by atoms with Gasteiger partial charge >= 0.3 is 5.91 Å². The SMILES string of the molecule is CC(C)(C)c1ccc([C@@H]2C(=C(O)c3ccc(F)cc3)C(=O)C(=O)N2c2nccs2)cc1. The molecule has 1 saturated heterocycles. The molecule has 1 N–H and O–H groups in total. The van der Waals surface area contributed by atoms with Gasteiger partial charge in [0.2, 0.25) is 0 Å². The van der Waals surface area contributed by atoms with Crippen LogP contribution < -0.4 is 4.90 Å². The number of nitrogens with zero attached hydrogens (tertiary/aromatic N) is 2. The van der Waals surface area contributed by atoms with E-state index >= 15 is 0 Å². The topological polar surface area (TPSA) is 70.5 Å². The number of halogens is 1. The van der Waals surface area contributed by atoms with Gasteiger partial charge in [-0.25, -0.2) is 9.37 Å². The number of ketones is 1. The summed E-state index contributed by atoms with van der Waals surface area (Å²) in [7, 11) is 0. The number of aliphatic hydroxyl groups is 1. The lowest BCUT2D eigenvalue weighted by Crippen LogP contribution is -2.29. The van der Waals surface area contributed by atoms with Crippen molar-refractivity contribution in [3.8, 4) is 0 Å². The molecule has 2 aromatic carbocycles. The number of thiazole rings is 1. The third-order valence-electron chi connectivity index (χ3n) is 5.28. The van der Waals surface area contributed by atoms with Crippen molar-refractivity contribution in [3.05, 3.63) is 88.2 Å². The molecule has 158 valence electrons. The van der Waals surface area contributed by atoms with Crippen molar-refractivity contribution in [2.45, 2.75) is 32.2 Å². The van der Waals surface area contributed by atoms with E-state index in [1.165, 1.54) is 40.5 Å². The first-order chi connectivity index (χ1) is 14.7. The van der Waals surface area contributed by atoms with Crippen LogP contribution >= 0.6 is 11.3 Å². The van der Waals surface area contributed by atoms with E-state index in [9.17, 15) is 19.1 Å². The molecule has 0 aliphatic carbocycles. The summed E-state index contributed by atoms with van der Waals surface area (Å²) in [5.41, 5.74) is 1.92. The summed E-state index contributed by atoms with van der Waals surface area (Å²) in [6.07, 6.45) is 1.55. The Morgan fingerprint density at radius 2 is 1.71 bits per heavy atom. The van der Waals surface area contributed by atoms with Crippen molar-refractivity contribution < 1.29 is 19.1 Å². The number of hydrogen-bond donors (Lipinski definition) is 1. The van der Waals surface area contributed by atoms with Crippen LogP contribution in [0.3, 0.4) is 0 Å². The van der Waals surface area contributed by atoms with E-state index in [0.717, 1.165) is 5.56 Å². The second-order valence-electron chi connectivity index (χ2n) is 8.36. The second kappa shape index (κ2) is 7.74. The quantitative estimate of drug-likeness (QED) is 0.348. The van der Waals surface area contributed by atoms with Crippen LogP contribution in [-0.4, -0.2) is 21.8 Å². The number of amides is 1. The van der Waals surface area contributed by atoms with Crippen molar-refractivity contribution in [2.75, 3.05) is 4.90 Å². The van der Waals surface area contributed by atoms with Gasteiger partial charge in [-0.2, -0.15) is 0 Å². The van der Waals surface area contributed by atoms with E-state index in [-0.39, 0.29) is 22.3 Å². The van der Waals surface area contributed by atoms with Gasteiger partial charge in [0.25, 0.3) is 5.78 Å². The minimum Gasteiger partial charge on any atom is -0.507 e. The maximum atomic E-state index is 13.4. The molecular weight excluding hydrogens is 415 g/mol. The molecule has 1 fully saturated rings. The highest BCUT2D eigenvalue weighted by molar-refractivity contribution is 7.14. The fourth-order valence-electron chi connectivity index (χ4n) is 3.61. The first-order valence-corrected chi connectivity index (χ1v) is 10.6. The number of carbonyl (C=O) groups excluding carboxylic acids is 2. The minimum atomic E-state index is -0.842. The Kier molecular flexibility index (Phi) is 5.23. The molecule has 0 unspecified atom stereocenters. The van der Waals surface area contributed by atoms with Crippen LogP contribution in [0.4, 0.5) is 9.52 Å². The smallest absolute Gasteiger partial charge is 0.301 e. The van der Waals surface area contributed by atoms with Gasteiger partial charge in [-0.15, -0.1) is 11.3 Å². The van der Waals surface area contributed by atoms with Crippen LogP contribution in [0.2, 0.25) is 0 Å². The molecule has 0 saturated carbocycles. The number of aliphatic hydroxyl groups excluding tert-OH is 1. The van der Waals surface area contributed by atoms with Gasteiger partial charge < -0.3 is 5.11 Å². The van der Waals surface area contributed by atoms with Crippen molar-refractivity contribution >= 4 is 33.9 Å². The van der Waals surface area contributed by atoms with Gasteiger partial charge in [-0.05, 0) is 40.8 Å². The maximum absolute atomic E-state index is 13.4. The molecule has 5 nitrogen and oxygen atoms in total. The van der Waals surface area contributed by atoms with Crippen molar-refractivity contribution in [2.24, 2.45) is 0 Å². The largest absolute Gasteiger partial charge is 0.507 e. The molecule has 1 atom stereocenters. The van der Waals surface area contributed by atoms with Crippen LogP contribution in [-0.2, 0) is 15.0 Å². The summed E-state index contributed by atoms with van der Waals surface area (Å²) >= 11 is 1.23. The summed E-state index contributed by atoms with van der Waals surface area (Å²) in [6, 6.07) is 11.9. The Morgan fingerprint density at radius 1 is 1.06 bits per heavy atom. The number of hydrogen-bond acceptors (Lipinski definition) is 5. The fraction of sp³-hybridized carbons (Fsp3) is 0.208. The van der Waals surface area contributed by atoms with Gasteiger partial charge in [0.05, 0.1) is 11.6 Å². The lowest BCUT2D eigenvalue weighted by atomic mass is 9.85. The van der Waals surface area contributed by atoms with Crippen molar-refractivity contribution in [1.29, 1.82) is 0 Å². The van der Waals surface area contributed by atoms with Crippen LogP contribution in [0.25, 0.3) is 5.76 Å². The number of rotatable bonds is 3. The van der Waals surface area contributed by atoms with E-state index in [2.05, 4.69) is 25.8 Å². The Hall–Kier alpha value is -3.32. The van der Waals surface area contributed by atoms with Gasteiger partial charge in [-0.3, -0.25) is 14.5 Å². The number of anilines is 1. The van der Waals surface area contributed by atoms with Crippen molar-refractivity contribution in [1.82, 2.24) is 4.98 Å². The zero-order chi connectivity index (χ0) is 22.3. The molecule has 1 aliphatic rings. The fourth-order valence-corrected chi connectivity index (χ4v) is 4.28. The summed E-state index contributed by atoms with van der Waals surface area (Å²) < 4.78 is 13.4. The summed E-state index contributed by atoms with van der Waals surface area (Å²) in [5, 5.41) is 13.1. The Labute approximate surface area is 183 Å². The third kappa shape index (κ3) is 3.77. The number of Topliss-reactive ketones (excluding diaryl/α,β-unsaturated/α-hetero) is 1. The molecule has 3 aromatic rings. The predicted molar refractivity (Wildman–Crippen MR) is 118 cm³/mol. The number of aromatic nitrogens is 1. The molecule has 1 aliphatic heterocycles. The van der Waals surface area contributed by atoms with Gasteiger partial charge in [0, 0.05) is 17.1 Å². The van der Waals surface area contributed by atoms with E-state index in [0.29, 0.717) is 10.7 Å². The molecule has 1 aromatic heterocycles. The Bertz CT molecular complexity index is 1160. The number of benzene rings is 2. The van der Waals surface area contributed by atoms with E-state index in [4.69, 9.17) is 0 Å². The molecule has 4 rings (SSSR count). The van der Waals surface area contributed by atoms with Gasteiger partial charge in [0.1, 0.15) is 11.6 Å². The molecule has 1 amide bonds. The van der Waals surface area contributed by atoms with Crippen molar-refractivity contribution in [3.63, 3.8) is 0 Å². The Morgan fingerprint density at radius 3 is 2.26 bits per heavy atom. The zero-order valence-corrected chi connectivity index (χ0v) is 18.1. The lowest BCUT2D eigenvalue weighted by Gasteiger charge is -2.24. The van der Waals surface area contributed by atoms with Crippen LogP contribution in [0.5, 0.6) is 0 Å². The molecule has 7 heteroatoms. The first kappa shape index (κ1) is 20.9. The zero-order valence-electron chi connectivity index (χ0n) is 17.3. The highest BCUT2D eigenvalue weighted by atomic mass is 32.1. The molecule has 31 heavy (non-hydrogen) atoms.